The van der Waals surface area contributed by atoms with E-state index in [4.69, 9.17) is 5.73 Å². The van der Waals surface area contributed by atoms with Crippen LogP contribution >= 0.6 is 11.8 Å². The number of rotatable bonds is 4. The van der Waals surface area contributed by atoms with Crippen molar-refractivity contribution in [1.82, 2.24) is 4.90 Å². The number of nitrogens with two attached hydrogens (primary N) is 1. The van der Waals surface area contributed by atoms with Crippen molar-refractivity contribution < 1.29 is 9.59 Å². The molecule has 0 saturated carbocycles. The zero-order chi connectivity index (χ0) is 12.8. The van der Waals surface area contributed by atoms with Crippen LogP contribution in [0.3, 0.4) is 0 Å². The molecule has 1 rings (SSSR count). The van der Waals surface area contributed by atoms with E-state index in [2.05, 4.69) is 6.92 Å². The summed E-state index contributed by atoms with van der Waals surface area (Å²) >= 11 is 1.76. The maximum atomic E-state index is 11.3. The van der Waals surface area contributed by atoms with Crippen molar-refractivity contribution in [3.63, 3.8) is 0 Å². The van der Waals surface area contributed by atoms with Gasteiger partial charge < -0.3 is 10.6 Å². The highest BCUT2D eigenvalue weighted by Gasteiger charge is 2.14. The van der Waals surface area contributed by atoms with Gasteiger partial charge in [-0.2, -0.15) is 0 Å². The molecule has 0 radical (unpaired) electrons. The normalized spacial score (nSPS) is 10.0. The van der Waals surface area contributed by atoms with E-state index in [0.717, 1.165) is 11.3 Å². The molecule has 4 nitrogen and oxygen atoms in total. The van der Waals surface area contributed by atoms with Crippen molar-refractivity contribution in [2.24, 2.45) is 5.73 Å². The summed E-state index contributed by atoms with van der Waals surface area (Å²) in [4.78, 5) is 24.5. The fraction of sp³-hybridized carbons (Fsp3) is 0.333. The van der Waals surface area contributed by atoms with Crippen LogP contribution in [0, 0.1) is 0 Å². The summed E-state index contributed by atoms with van der Waals surface area (Å²) in [6, 6.07) is 7.91. The van der Waals surface area contributed by atoms with Gasteiger partial charge in [-0.3, -0.25) is 9.59 Å². The Balaban J connectivity index is 2.63. The second-order valence-electron chi connectivity index (χ2n) is 3.60. The Morgan fingerprint density at radius 1 is 1.29 bits per heavy atom. The van der Waals surface area contributed by atoms with Gasteiger partial charge in [-0.25, -0.2) is 0 Å². The second-order valence-corrected chi connectivity index (χ2v) is 4.94. The number of likely N-dealkylation sites (N-methyl/N-ethyl adjacent to an activating group) is 1. The van der Waals surface area contributed by atoms with Crippen molar-refractivity contribution in [1.29, 1.82) is 0 Å². The third-order valence-electron chi connectivity index (χ3n) is 2.21. The summed E-state index contributed by atoms with van der Waals surface area (Å²) in [5.74, 6) is -0.568. The first-order valence-electron chi connectivity index (χ1n) is 5.31. The molecule has 0 unspecified atom stereocenters. The van der Waals surface area contributed by atoms with E-state index in [9.17, 15) is 9.59 Å². The van der Waals surface area contributed by atoms with Crippen LogP contribution in [-0.2, 0) is 16.1 Å². The first-order chi connectivity index (χ1) is 8.04. The molecule has 1 aromatic carbocycles. The third kappa shape index (κ3) is 4.11. The molecule has 17 heavy (non-hydrogen) atoms. The van der Waals surface area contributed by atoms with Gasteiger partial charge in [0.1, 0.15) is 0 Å². The van der Waals surface area contributed by atoms with Crippen LogP contribution in [0.5, 0.6) is 0 Å². The van der Waals surface area contributed by atoms with E-state index >= 15 is 0 Å². The fourth-order valence-electron chi connectivity index (χ4n) is 1.39. The number of carbonyl (C=O) groups is 2. The largest absolute Gasteiger partial charge is 0.361 e. The Labute approximate surface area is 105 Å². The molecular formula is C12H16N2O2S. The van der Waals surface area contributed by atoms with E-state index in [0.29, 0.717) is 6.54 Å². The van der Waals surface area contributed by atoms with Crippen molar-refractivity contribution in [2.75, 3.05) is 12.8 Å². The monoisotopic (exact) mass is 252 g/mol. The molecule has 0 atom stereocenters. The Bertz CT molecular complexity index is 403. The van der Waals surface area contributed by atoms with Crippen LogP contribution in [-0.4, -0.2) is 29.5 Å². The summed E-state index contributed by atoms with van der Waals surface area (Å²) < 4.78 is 0. The molecule has 0 aromatic heterocycles. The van der Waals surface area contributed by atoms with Crippen molar-refractivity contribution in [3.05, 3.63) is 29.8 Å². The number of carbonyl (C=O) groups excluding carboxylic acids is 2. The van der Waals surface area contributed by atoms with Gasteiger partial charge in [-0.05, 0) is 23.4 Å². The van der Waals surface area contributed by atoms with Crippen LogP contribution < -0.4 is 5.73 Å². The Hall–Kier alpha value is -1.49. The second kappa shape index (κ2) is 6.30. The molecule has 0 saturated heterocycles. The van der Waals surface area contributed by atoms with E-state index in [1.807, 2.05) is 24.3 Å². The van der Waals surface area contributed by atoms with Gasteiger partial charge in [0.25, 0.3) is 0 Å². The summed E-state index contributed by atoms with van der Waals surface area (Å²) in [5.41, 5.74) is 5.90. The number of benzene rings is 1. The lowest BCUT2D eigenvalue weighted by Gasteiger charge is -2.15. The molecule has 92 valence electrons. The highest BCUT2D eigenvalue weighted by atomic mass is 32.2. The highest BCUT2D eigenvalue weighted by Crippen LogP contribution is 2.18. The molecule has 0 fully saturated rings. The van der Waals surface area contributed by atoms with E-state index in [-0.39, 0.29) is 0 Å². The van der Waals surface area contributed by atoms with Crippen LogP contribution in [0.1, 0.15) is 12.5 Å². The van der Waals surface area contributed by atoms with Gasteiger partial charge in [0, 0.05) is 18.5 Å². The molecule has 0 bridgehead atoms. The lowest BCUT2D eigenvalue weighted by atomic mass is 10.2. The minimum atomic E-state index is -0.925. The maximum Gasteiger partial charge on any atom is 0.311 e. The summed E-state index contributed by atoms with van der Waals surface area (Å²) in [5, 5.41) is 0. The molecule has 0 aliphatic heterocycles. The molecule has 0 spiro atoms. The lowest BCUT2D eigenvalue weighted by Crippen LogP contribution is -2.37. The summed E-state index contributed by atoms with van der Waals surface area (Å²) in [6.07, 6.45) is 0. The van der Waals surface area contributed by atoms with E-state index < -0.39 is 11.8 Å². The van der Waals surface area contributed by atoms with Crippen LogP contribution in [0.2, 0.25) is 0 Å². The summed E-state index contributed by atoms with van der Waals surface area (Å²) in [7, 11) is 1.56. The standard InChI is InChI=1S/C12H16N2O2S/c1-3-17-10-6-4-9(5-7-10)8-14(2)12(16)11(13)15/h4-7H,3,8H2,1-2H3,(H2,13,15). The van der Waals surface area contributed by atoms with Gasteiger partial charge in [0.15, 0.2) is 0 Å². The number of hydrogen-bond acceptors (Lipinski definition) is 3. The average molecular weight is 252 g/mol. The Morgan fingerprint density at radius 3 is 2.35 bits per heavy atom. The highest BCUT2D eigenvalue weighted by molar-refractivity contribution is 7.99. The fourth-order valence-corrected chi connectivity index (χ4v) is 2.05. The van der Waals surface area contributed by atoms with Gasteiger partial charge in [-0.15, -0.1) is 11.8 Å². The Kier molecular flexibility index (Phi) is 5.03. The van der Waals surface area contributed by atoms with Gasteiger partial charge in [-0.1, -0.05) is 19.1 Å². The number of thioether (sulfide) groups is 1. The minimum absolute atomic E-state index is 0.388. The predicted molar refractivity (Wildman–Crippen MR) is 68.5 cm³/mol. The predicted octanol–water partition coefficient (Wildman–Crippen LogP) is 1.24. The first-order valence-corrected chi connectivity index (χ1v) is 6.29. The topological polar surface area (TPSA) is 63.4 Å². The molecule has 0 aliphatic rings. The minimum Gasteiger partial charge on any atom is -0.361 e. The molecule has 1 aromatic rings. The van der Waals surface area contributed by atoms with Crippen molar-refractivity contribution >= 4 is 23.6 Å². The van der Waals surface area contributed by atoms with Crippen LogP contribution in [0.25, 0.3) is 0 Å². The van der Waals surface area contributed by atoms with Gasteiger partial charge in [0.2, 0.25) is 0 Å². The quantitative estimate of drug-likeness (QED) is 0.648. The number of nitrogens with zero attached hydrogens (tertiary/aromatic N) is 1. The number of hydrogen-bond donors (Lipinski definition) is 1. The molecule has 0 heterocycles. The number of amides is 2. The number of primary amides is 1. The zero-order valence-corrected chi connectivity index (χ0v) is 10.8. The van der Waals surface area contributed by atoms with Crippen LogP contribution in [0.15, 0.2) is 29.2 Å². The SMILES string of the molecule is CCSc1ccc(CN(C)C(=O)C(N)=O)cc1. The van der Waals surface area contributed by atoms with Gasteiger partial charge in [0.05, 0.1) is 0 Å². The third-order valence-corrected chi connectivity index (χ3v) is 3.11. The molecule has 2 amide bonds. The lowest BCUT2D eigenvalue weighted by molar-refractivity contribution is -0.143. The molecule has 0 aliphatic carbocycles. The molecule has 5 heteroatoms. The Morgan fingerprint density at radius 2 is 1.88 bits per heavy atom. The van der Waals surface area contributed by atoms with E-state index in [1.165, 1.54) is 9.80 Å². The molecular weight excluding hydrogens is 236 g/mol. The van der Waals surface area contributed by atoms with E-state index in [1.54, 1.807) is 18.8 Å². The van der Waals surface area contributed by atoms with Crippen molar-refractivity contribution in [3.8, 4) is 0 Å². The maximum absolute atomic E-state index is 11.3. The summed E-state index contributed by atoms with van der Waals surface area (Å²) in [6.45, 7) is 2.48. The average Bonchev–Trinajstić information content (AvgIpc) is 2.30. The van der Waals surface area contributed by atoms with Crippen LogP contribution in [0.4, 0.5) is 0 Å². The molecule has 2 N–H and O–H groups in total. The first kappa shape index (κ1) is 13.6. The van der Waals surface area contributed by atoms with Crippen molar-refractivity contribution in [2.45, 2.75) is 18.4 Å². The zero-order valence-electron chi connectivity index (χ0n) is 9.97. The van der Waals surface area contributed by atoms with Gasteiger partial charge >= 0.3 is 11.8 Å². The smallest absolute Gasteiger partial charge is 0.311 e.